The maximum atomic E-state index is 12.1. The molecule has 0 aromatic heterocycles. The molecule has 2 amide bonds. The molecule has 2 rings (SSSR count). The molecule has 6 heteroatoms. The standard InChI is InChI=1S/C18H33N3O3/c1-15(22)20-9-5-8-19(12-13-20)10-6-16-7-11-21(14-16)17(23)24-18(2,3)4/h16H,5-14H2,1-4H3. The fourth-order valence-electron chi connectivity index (χ4n) is 3.44. The van der Waals surface area contributed by atoms with Gasteiger partial charge < -0.3 is 19.4 Å². The van der Waals surface area contributed by atoms with Crippen LogP contribution in [-0.4, -0.2) is 78.1 Å². The van der Waals surface area contributed by atoms with Crippen LogP contribution in [0.2, 0.25) is 0 Å². The van der Waals surface area contributed by atoms with Gasteiger partial charge in [0.1, 0.15) is 5.60 Å². The number of nitrogens with zero attached hydrogens (tertiary/aromatic N) is 3. The van der Waals surface area contributed by atoms with Crippen molar-refractivity contribution in [3.05, 3.63) is 0 Å². The van der Waals surface area contributed by atoms with Crippen molar-refractivity contribution < 1.29 is 14.3 Å². The summed E-state index contributed by atoms with van der Waals surface area (Å²) in [5, 5.41) is 0. The monoisotopic (exact) mass is 339 g/mol. The van der Waals surface area contributed by atoms with Crippen LogP contribution in [0.1, 0.15) is 47.0 Å². The molecule has 2 fully saturated rings. The first-order valence-corrected chi connectivity index (χ1v) is 9.20. The van der Waals surface area contributed by atoms with Gasteiger partial charge in [-0.25, -0.2) is 4.79 Å². The van der Waals surface area contributed by atoms with E-state index in [4.69, 9.17) is 4.74 Å². The maximum Gasteiger partial charge on any atom is 0.410 e. The first-order chi connectivity index (χ1) is 11.2. The molecule has 0 spiro atoms. The van der Waals surface area contributed by atoms with Crippen molar-refractivity contribution in [2.75, 3.05) is 45.8 Å². The molecule has 0 aliphatic carbocycles. The third-order valence-electron chi connectivity index (χ3n) is 4.82. The first kappa shape index (κ1) is 19.0. The van der Waals surface area contributed by atoms with E-state index in [1.54, 1.807) is 6.92 Å². The van der Waals surface area contributed by atoms with Crippen LogP contribution in [-0.2, 0) is 9.53 Å². The predicted octanol–water partition coefficient (Wildman–Crippen LogP) is 2.19. The summed E-state index contributed by atoms with van der Waals surface area (Å²) in [6, 6.07) is 0. The number of carbonyl (C=O) groups is 2. The van der Waals surface area contributed by atoms with Crippen molar-refractivity contribution in [3.63, 3.8) is 0 Å². The van der Waals surface area contributed by atoms with Crippen molar-refractivity contribution in [2.24, 2.45) is 5.92 Å². The summed E-state index contributed by atoms with van der Waals surface area (Å²) >= 11 is 0. The number of hydrogen-bond donors (Lipinski definition) is 0. The normalized spacial score (nSPS) is 23.2. The van der Waals surface area contributed by atoms with Crippen LogP contribution in [0.3, 0.4) is 0 Å². The highest BCUT2D eigenvalue weighted by Gasteiger charge is 2.30. The number of amides is 2. The van der Waals surface area contributed by atoms with Gasteiger partial charge in [-0.3, -0.25) is 4.79 Å². The van der Waals surface area contributed by atoms with Crippen LogP contribution in [0, 0.1) is 5.92 Å². The molecule has 0 aromatic rings. The van der Waals surface area contributed by atoms with Gasteiger partial charge in [0.05, 0.1) is 0 Å². The lowest BCUT2D eigenvalue weighted by molar-refractivity contribution is -0.128. The van der Waals surface area contributed by atoms with Gasteiger partial charge in [-0.1, -0.05) is 0 Å². The lowest BCUT2D eigenvalue weighted by Crippen LogP contribution is -2.36. The average Bonchev–Trinajstić information content (AvgIpc) is 2.81. The first-order valence-electron chi connectivity index (χ1n) is 9.20. The van der Waals surface area contributed by atoms with E-state index in [2.05, 4.69) is 4.90 Å². The van der Waals surface area contributed by atoms with Crippen molar-refractivity contribution in [1.82, 2.24) is 14.7 Å². The fraction of sp³-hybridized carbons (Fsp3) is 0.889. The Morgan fingerprint density at radius 3 is 2.46 bits per heavy atom. The highest BCUT2D eigenvalue weighted by molar-refractivity contribution is 5.73. The van der Waals surface area contributed by atoms with E-state index < -0.39 is 5.60 Å². The van der Waals surface area contributed by atoms with Gasteiger partial charge >= 0.3 is 6.09 Å². The Morgan fingerprint density at radius 2 is 1.79 bits per heavy atom. The van der Waals surface area contributed by atoms with Gasteiger partial charge in [0, 0.05) is 39.6 Å². The molecule has 0 saturated carbocycles. The Morgan fingerprint density at radius 1 is 1.04 bits per heavy atom. The van der Waals surface area contributed by atoms with E-state index in [0.717, 1.165) is 65.1 Å². The molecule has 2 aliphatic heterocycles. The molecule has 1 atom stereocenters. The molecular formula is C18H33N3O3. The van der Waals surface area contributed by atoms with Crippen LogP contribution in [0.25, 0.3) is 0 Å². The zero-order valence-electron chi connectivity index (χ0n) is 15.7. The molecule has 24 heavy (non-hydrogen) atoms. The second kappa shape index (κ2) is 8.19. The number of carbonyl (C=O) groups excluding carboxylic acids is 2. The molecule has 6 nitrogen and oxygen atoms in total. The molecule has 0 N–H and O–H groups in total. The lowest BCUT2D eigenvalue weighted by atomic mass is 10.0. The molecular weight excluding hydrogens is 306 g/mol. The SMILES string of the molecule is CC(=O)N1CCCN(CCC2CCN(C(=O)OC(C)(C)C)C2)CC1. The van der Waals surface area contributed by atoms with Gasteiger partial charge in [0.25, 0.3) is 0 Å². The minimum Gasteiger partial charge on any atom is -0.444 e. The van der Waals surface area contributed by atoms with Crippen molar-refractivity contribution >= 4 is 12.0 Å². The zero-order chi connectivity index (χ0) is 17.7. The lowest BCUT2D eigenvalue weighted by Gasteiger charge is -2.25. The molecule has 0 radical (unpaired) electrons. The molecule has 0 aromatic carbocycles. The van der Waals surface area contributed by atoms with Crippen LogP contribution in [0.15, 0.2) is 0 Å². The molecule has 2 aliphatic rings. The smallest absolute Gasteiger partial charge is 0.410 e. The minimum atomic E-state index is -0.427. The van der Waals surface area contributed by atoms with Crippen LogP contribution in [0.4, 0.5) is 4.79 Å². The number of hydrogen-bond acceptors (Lipinski definition) is 4. The summed E-state index contributed by atoms with van der Waals surface area (Å²) in [4.78, 5) is 29.8. The largest absolute Gasteiger partial charge is 0.444 e. The van der Waals surface area contributed by atoms with Gasteiger partial charge in [-0.05, 0) is 59.0 Å². The second-order valence-corrected chi connectivity index (χ2v) is 8.07. The van der Waals surface area contributed by atoms with E-state index in [1.807, 2.05) is 30.6 Å². The quantitative estimate of drug-likeness (QED) is 0.791. The second-order valence-electron chi connectivity index (χ2n) is 8.07. The third-order valence-corrected chi connectivity index (χ3v) is 4.82. The predicted molar refractivity (Wildman–Crippen MR) is 93.8 cm³/mol. The Balaban J connectivity index is 1.70. The van der Waals surface area contributed by atoms with E-state index in [-0.39, 0.29) is 12.0 Å². The van der Waals surface area contributed by atoms with Gasteiger partial charge in [-0.2, -0.15) is 0 Å². The van der Waals surface area contributed by atoms with E-state index in [0.29, 0.717) is 5.92 Å². The van der Waals surface area contributed by atoms with E-state index in [1.165, 1.54) is 0 Å². The van der Waals surface area contributed by atoms with Crippen molar-refractivity contribution in [1.29, 1.82) is 0 Å². The summed E-state index contributed by atoms with van der Waals surface area (Å²) in [5.74, 6) is 0.741. The van der Waals surface area contributed by atoms with Gasteiger partial charge in [-0.15, -0.1) is 0 Å². The average molecular weight is 339 g/mol. The summed E-state index contributed by atoms with van der Waals surface area (Å²) < 4.78 is 5.45. The maximum absolute atomic E-state index is 12.1. The molecule has 0 bridgehead atoms. The van der Waals surface area contributed by atoms with Gasteiger partial charge in [0.15, 0.2) is 0 Å². The van der Waals surface area contributed by atoms with E-state index in [9.17, 15) is 9.59 Å². The fourth-order valence-corrected chi connectivity index (χ4v) is 3.44. The Bertz CT molecular complexity index is 447. The van der Waals surface area contributed by atoms with Crippen LogP contribution in [0.5, 0.6) is 0 Å². The molecule has 138 valence electrons. The highest BCUT2D eigenvalue weighted by atomic mass is 16.6. The van der Waals surface area contributed by atoms with Crippen molar-refractivity contribution in [2.45, 2.75) is 52.6 Å². The molecule has 2 heterocycles. The molecule has 1 unspecified atom stereocenters. The highest BCUT2D eigenvalue weighted by Crippen LogP contribution is 2.22. The topological polar surface area (TPSA) is 53.1 Å². The zero-order valence-corrected chi connectivity index (χ0v) is 15.7. The summed E-state index contributed by atoms with van der Waals surface area (Å²) in [6.45, 7) is 13.8. The van der Waals surface area contributed by atoms with Gasteiger partial charge in [0.2, 0.25) is 5.91 Å². The summed E-state index contributed by atoms with van der Waals surface area (Å²) in [7, 11) is 0. The van der Waals surface area contributed by atoms with Crippen LogP contribution >= 0.6 is 0 Å². The number of likely N-dealkylation sites (tertiary alicyclic amines) is 1. The number of rotatable bonds is 3. The Hall–Kier alpha value is -1.30. The summed E-state index contributed by atoms with van der Waals surface area (Å²) in [5.41, 5.74) is -0.427. The Kier molecular flexibility index (Phi) is 6.49. The van der Waals surface area contributed by atoms with E-state index >= 15 is 0 Å². The Labute approximate surface area is 146 Å². The molecule has 2 saturated heterocycles. The third kappa shape index (κ3) is 5.96. The minimum absolute atomic E-state index is 0.181. The van der Waals surface area contributed by atoms with Crippen LogP contribution < -0.4 is 0 Å². The number of ether oxygens (including phenoxy) is 1. The van der Waals surface area contributed by atoms with Crippen molar-refractivity contribution in [3.8, 4) is 0 Å². The summed E-state index contributed by atoms with van der Waals surface area (Å²) in [6.07, 6.45) is 3.04.